The summed E-state index contributed by atoms with van der Waals surface area (Å²) >= 11 is 3.25. The molecule has 0 aliphatic heterocycles. The van der Waals surface area contributed by atoms with Crippen LogP contribution in [0.4, 0.5) is 4.39 Å². The summed E-state index contributed by atoms with van der Waals surface area (Å²) in [6, 6.07) is 9.19. The number of ether oxygens (including phenoxy) is 1. The molecule has 21 heavy (non-hydrogen) atoms. The fraction of sp³-hybridized carbons (Fsp3) is 0.294. The lowest BCUT2D eigenvalue weighted by Gasteiger charge is -2.14. The Labute approximate surface area is 133 Å². The van der Waals surface area contributed by atoms with Crippen LogP contribution < -0.4 is 10.1 Å². The SMILES string of the molecule is CNCc1cc(C)c(OCc2ccc(Br)cc2F)c(C)c1. The van der Waals surface area contributed by atoms with Gasteiger partial charge in [-0.25, -0.2) is 4.39 Å². The van der Waals surface area contributed by atoms with Crippen molar-refractivity contribution in [3.8, 4) is 5.75 Å². The zero-order chi connectivity index (χ0) is 15.4. The van der Waals surface area contributed by atoms with Gasteiger partial charge in [0.15, 0.2) is 0 Å². The Kier molecular flexibility index (Phi) is 5.37. The molecule has 112 valence electrons. The number of aryl methyl sites for hydroxylation is 2. The summed E-state index contributed by atoms with van der Waals surface area (Å²) in [7, 11) is 1.92. The summed E-state index contributed by atoms with van der Waals surface area (Å²) in [5.41, 5.74) is 3.90. The van der Waals surface area contributed by atoms with Crippen molar-refractivity contribution in [2.75, 3.05) is 7.05 Å². The van der Waals surface area contributed by atoms with Crippen molar-refractivity contribution < 1.29 is 9.13 Å². The van der Waals surface area contributed by atoms with Gasteiger partial charge in [-0.1, -0.05) is 34.1 Å². The van der Waals surface area contributed by atoms with E-state index in [4.69, 9.17) is 4.74 Å². The first-order valence-corrected chi connectivity index (χ1v) is 7.62. The highest BCUT2D eigenvalue weighted by molar-refractivity contribution is 9.10. The molecule has 2 aromatic carbocycles. The highest BCUT2D eigenvalue weighted by atomic mass is 79.9. The molecule has 0 saturated carbocycles. The maximum atomic E-state index is 13.8. The summed E-state index contributed by atoms with van der Waals surface area (Å²) in [6.07, 6.45) is 0. The van der Waals surface area contributed by atoms with E-state index in [9.17, 15) is 4.39 Å². The van der Waals surface area contributed by atoms with Gasteiger partial charge in [-0.05, 0) is 49.7 Å². The van der Waals surface area contributed by atoms with Crippen LogP contribution in [-0.2, 0) is 13.2 Å². The normalized spacial score (nSPS) is 10.7. The van der Waals surface area contributed by atoms with Crippen molar-refractivity contribution in [3.63, 3.8) is 0 Å². The average Bonchev–Trinajstić information content (AvgIpc) is 2.40. The predicted molar refractivity (Wildman–Crippen MR) is 87.1 cm³/mol. The van der Waals surface area contributed by atoms with E-state index < -0.39 is 0 Å². The van der Waals surface area contributed by atoms with Crippen molar-refractivity contribution in [3.05, 3.63) is 62.9 Å². The summed E-state index contributed by atoms with van der Waals surface area (Å²) in [6.45, 7) is 5.08. The highest BCUT2D eigenvalue weighted by Gasteiger charge is 2.09. The largest absolute Gasteiger partial charge is 0.488 e. The zero-order valence-electron chi connectivity index (χ0n) is 12.5. The van der Waals surface area contributed by atoms with E-state index in [1.807, 2.05) is 27.0 Å². The van der Waals surface area contributed by atoms with Gasteiger partial charge in [0.05, 0.1) is 0 Å². The van der Waals surface area contributed by atoms with Crippen LogP contribution in [0, 0.1) is 19.7 Å². The van der Waals surface area contributed by atoms with Gasteiger partial charge < -0.3 is 10.1 Å². The second kappa shape index (κ2) is 7.05. The molecule has 0 aliphatic carbocycles. The predicted octanol–water partition coefficient (Wildman–Crippen LogP) is 4.50. The highest BCUT2D eigenvalue weighted by Crippen LogP contribution is 2.26. The molecule has 0 bridgehead atoms. The minimum absolute atomic E-state index is 0.228. The number of halogens is 2. The van der Waals surface area contributed by atoms with Gasteiger partial charge in [0.25, 0.3) is 0 Å². The lowest BCUT2D eigenvalue weighted by Crippen LogP contribution is -2.07. The van der Waals surface area contributed by atoms with Crippen LogP contribution >= 0.6 is 15.9 Å². The van der Waals surface area contributed by atoms with Crippen molar-refractivity contribution in [2.24, 2.45) is 0 Å². The van der Waals surface area contributed by atoms with Gasteiger partial charge >= 0.3 is 0 Å². The molecule has 0 unspecified atom stereocenters. The monoisotopic (exact) mass is 351 g/mol. The van der Waals surface area contributed by atoms with Crippen LogP contribution in [0.25, 0.3) is 0 Å². The fourth-order valence-corrected chi connectivity index (χ4v) is 2.70. The molecule has 0 spiro atoms. The van der Waals surface area contributed by atoms with E-state index in [1.165, 1.54) is 11.6 Å². The van der Waals surface area contributed by atoms with E-state index in [2.05, 4.69) is 33.4 Å². The number of benzene rings is 2. The van der Waals surface area contributed by atoms with E-state index in [-0.39, 0.29) is 12.4 Å². The van der Waals surface area contributed by atoms with E-state index in [0.29, 0.717) is 5.56 Å². The number of rotatable bonds is 5. The van der Waals surface area contributed by atoms with E-state index in [1.54, 1.807) is 6.07 Å². The summed E-state index contributed by atoms with van der Waals surface area (Å²) < 4.78 is 20.4. The number of nitrogens with one attached hydrogen (secondary N) is 1. The quantitative estimate of drug-likeness (QED) is 0.855. The number of hydrogen-bond acceptors (Lipinski definition) is 2. The molecule has 0 fully saturated rings. The van der Waals surface area contributed by atoms with Crippen LogP contribution in [0.15, 0.2) is 34.8 Å². The Morgan fingerprint density at radius 1 is 1.14 bits per heavy atom. The second-order valence-electron chi connectivity index (χ2n) is 5.11. The minimum atomic E-state index is -0.258. The van der Waals surface area contributed by atoms with Crippen molar-refractivity contribution in [2.45, 2.75) is 27.0 Å². The van der Waals surface area contributed by atoms with E-state index in [0.717, 1.165) is 27.9 Å². The van der Waals surface area contributed by atoms with Gasteiger partial charge in [-0.15, -0.1) is 0 Å². The Morgan fingerprint density at radius 3 is 2.38 bits per heavy atom. The fourth-order valence-electron chi connectivity index (χ4n) is 2.36. The first kappa shape index (κ1) is 16.0. The molecule has 0 radical (unpaired) electrons. The summed E-state index contributed by atoms with van der Waals surface area (Å²) in [5.74, 6) is 0.573. The molecule has 2 aromatic rings. The third-order valence-electron chi connectivity index (χ3n) is 3.29. The Bertz CT molecular complexity index is 620. The Balaban J connectivity index is 2.16. The molecule has 0 aromatic heterocycles. The van der Waals surface area contributed by atoms with Gasteiger partial charge in [-0.2, -0.15) is 0 Å². The van der Waals surface area contributed by atoms with Crippen molar-refractivity contribution >= 4 is 15.9 Å². The summed E-state index contributed by atoms with van der Waals surface area (Å²) in [4.78, 5) is 0. The van der Waals surface area contributed by atoms with Crippen LogP contribution in [0.5, 0.6) is 5.75 Å². The van der Waals surface area contributed by atoms with Gasteiger partial charge in [-0.3, -0.25) is 0 Å². The van der Waals surface area contributed by atoms with Crippen LogP contribution in [-0.4, -0.2) is 7.05 Å². The topological polar surface area (TPSA) is 21.3 Å². The lowest BCUT2D eigenvalue weighted by atomic mass is 10.1. The van der Waals surface area contributed by atoms with Crippen molar-refractivity contribution in [1.29, 1.82) is 0 Å². The van der Waals surface area contributed by atoms with Gasteiger partial charge in [0.1, 0.15) is 18.2 Å². The zero-order valence-corrected chi connectivity index (χ0v) is 14.1. The molecular formula is C17H19BrFNO. The third-order valence-corrected chi connectivity index (χ3v) is 3.78. The molecule has 0 saturated heterocycles. The van der Waals surface area contributed by atoms with E-state index >= 15 is 0 Å². The Hall–Kier alpha value is -1.39. The maximum absolute atomic E-state index is 13.8. The van der Waals surface area contributed by atoms with Crippen molar-refractivity contribution in [1.82, 2.24) is 5.32 Å². The molecule has 0 atom stereocenters. The van der Waals surface area contributed by atoms with Crippen LogP contribution in [0.3, 0.4) is 0 Å². The average molecular weight is 352 g/mol. The molecule has 4 heteroatoms. The number of hydrogen-bond donors (Lipinski definition) is 1. The maximum Gasteiger partial charge on any atom is 0.130 e. The standard InChI is InChI=1S/C17H19BrFNO/c1-11-6-13(9-20-3)7-12(2)17(11)21-10-14-4-5-15(18)8-16(14)19/h4-8,20H,9-10H2,1-3H3. The summed E-state index contributed by atoms with van der Waals surface area (Å²) in [5, 5.41) is 3.13. The Morgan fingerprint density at radius 2 is 1.81 bits per heavy atom. The molecule has 0 heterocycles. The second-order valence-corrected chi connectivity index (χ2v) is 6.03. The first-order valence-electron chi connectivity index (χ1n) is 6.82. The molecule has 2 rings (SSSR count). The molecule has 0 amide bonds. The molecule has 1 N–H and O–H groups in total. The molecular weight excluding hydrogens is 333 g/mol. The van der Waals surface area contributed by atoms with Gasteiger partial charge in [0, 0.05) is 16.6 Å². The third kappa shape index (κ3) is 4.05. The minimum Gasteiger partial charge on any atom is -0.488 e. The van der Waals surface area contributed by atoms with Crippen LogP contribution in [0.1, 0.15) is 22.3 Å². The molecule has 0 aliphatic rings. The van der Waals surface area contributed by atoms with Gasteiger partial charge in [0.2, 0.25) is 0 Å². The smallest absolute Gasteiger partial charge is 0.130 e. The lowest BCUT2D eigenvalue weighted by molar-refractivity contribution is 0.295. The molecule has 2 nitrogen and oxygen atoms in total. The van der Waals surface area contributed by atoms with Crippen LogP contribution in [0.2, 0.25) is 0 Å². The first-order chi connectivity index (χ1) is 10.0.